The number of anilines is 1. The molecule has 1 aliphatic rings. The fraction of sp³-hybridized carbons (Fsp3) is 0.412. The maximum atomic E-state index is 14.5. The van der Waals surface area contributed by atoms with E-state index in [1.54, 1.807) is 23.5 Å². The number of thiophene rings is 1. The fourth-order valence-electron chi connectivity index (χ4n) is 3.21. The summed E-state index contributed by atoms with van der Waals surface area (Å²) in [5.41, 5.74) is 9.01. The molecule has 2 N–H and O–H groups in total. The summed E-state index contributed by atoms with van der Waals surface area (Å²) < 4.78 is 14.5. The highest BCUT2D eigenvalue weighted by Crippen LogP contribution is 2.38. The minimum atomic E-state index is -0.140. The average molecular weight is 304 g/mol. The van der Waals surface area contributed by atoms with Crippen LogP contribution in [0.4, 0.5) is 10.1 Å². The van der Waals surface area contributed by atoms with Crippen LogP contribution in [-0.2, 0) is 12.8 Å². The summed E-state index contributed by atoms with van der Waals surface area (Å²) in [6.45, 7) is 4.99. The Balaban J connectivity index is 2.01. The molecule has 0 aliphatic carbocycles. The van der Waals surface area contributed by atoms with E-state index in [1.807, 2.05) is 13.0 Å². The van der Waals surface area contributed by atoms with Gasteiger partial charge in [-0.15, -0.1) is 11.3 Å². The summed E-state index contributed by atoms with van der Waals surface area (Å²) in [4.78, 5) is 3.63. The van der Waals surface area contributed by atoms with E-state index in [2.05, 4.69) is 23.3 Å². The van der Waals surface area contributed by atoms with Crippen LogP contribution in [0.25, 0.3) is 0 Å². The fourth-order valence-corrected chi connectivity index (χ4v) is 4.17. The number of rotatable bonds is 3. The van der Waals surface area contributed by atoms with Crippen LogP contribution in [0.2, 0.25) is 0 Å². The van der Waals surface area contributed by atoms with E-state index in [9.17, 15) is 4.39 Å². The number of hydrogen-bond donors (Lipinski definition) is 1. The molecule has 0 fully saturated rings. The summed E-state index contributed by atoms with van der Waals surface area (Å²) in [5, 5.41) is 2.13. The van der Waals surface area contributed by atoms with Gasteiger partial charge in [0.05, 0.1) is 11.7 Å². The first-order valence-electron chi connectivity index (χ1n) is 7.43. The third kappa shape index (κ3) is 2.70. The monoisotopic (exact) mass is 304 g/mol. The van der Waals surface area contributed by atoms with E-state index < -0.39 is 0 Å². The number of nitrogens with zero attached hydrogens (tertiary/aromatic N) is 1. The predicted molar refractivity (Wildman–Crippen MR) is 87.5 cm³/mol. The lowest BCUT2D eigenvalue weighted by Gasteiger charge is -2.37. The Morgan fingerprint density at radius 3 is 3.00 bits per heavy atom. The van der Waals surface area contributed by atoms with Crippen LogP contribution < -0.4 is 10.6 Å². The zero-order valence-electron chi connectivity index (χ0n) is 12.5. The van der Waals surface area contributed by atoms with Crippen LogP contribution in [0.15, 0.2) is 29.6 Å². The van der Waals surface area contributed by atoms with Crippen LogP contribution in [0, 0.1) is 5.82 Å². The van der Waals surface area contributed by atoms with Gasteiger partial charge < -0.3 is 10.6 Å². The molecule has 0 radical (unpaired) electrons. The molecule has 4 heteroatoms. The average Bonchev–Trinajstić information content (AvgIpc) is 2.89. The van der Waals surface area contributed by atoms with Gasteiger partial charge in [-0.05, 0) is 55.3 Å². The molecule has 0 spiro atoms. The second kappa shape index (κ2) is 5.78. The third-order valence-corrected chi connectivity index (χ3v) is 5.17. The van der Waals surface area contributed by atoms with E-state index in [1.165, 1.54) is 10.4 Å². The molecule has 2 unspecified atom stereocenters. The molecule has 2 heterocycles. The third-order valence-electron chi connectivity index (χ3n) is 4.18. The summed E-state index contributed by atoms with van der Waals surface area (Å²) in [7, 11) is 0. The molecule has 112 valence electrons. The van der Waals surface area contributed by atoms with E-state index >= 15 is 0 Å². The first-order valence-corrected chi connectivity index (χ1v) is 8.31. The minimum Gasteiger partial charge on any atom is -0.362 e. The molecule has 2 aromatic rings. The van der Waals surface area contributed by atoms with Gasteiger partial charge in [-0.25, -0.2) is 4.39 Å². The van der Waals surface area contributed by atoms with Gasteiger partial charge in [0.25, 0.3) is 0 Å². The summed E-state index contributed by atoms with van der Waals surface area (Å²) >= 11 is 1.80. The van der Waals surface area contributed by atoms with Crippen molar-refractivity contribution in [2.45, 2.75) is 38.8 Å². The number of benzene rings is 1. The SMILES string of the molecule is CC(N)Cc1cccc(F)c1N1CCc2sccc2C1C. The van der Waals surface area contributed by atoms with Gasteiger partial charge in [-0.1, -0.05) is 12.1 Å². The lowest BCUT2D eigenvalue weighted by atomic mass is 9.97. The van der Waals surface area contributed by atoms with E-state index in [0.29, 0.717) is 6.42 Å². The van der Waals surface area contributed by atoms with Crippen molar-refractivity contribution in [2.24, 2.45) is 5.73 Å². The van der Waals surface area contributed by atoms with Gasteiger partial charge >= 0.3 is 0 Å². The predicted octanol–water partition coefficient (Wildman–Crippen LogP) is 3.90. The lowest BCUT2D eigenvalue weighted by molar-refractivity contribution is 0.576. The van der Waals surface area contributed by atoms with Crippen LogP contribution in [0.1, 0.15) is 35.9 Å². The normalized spacial score (nSPS) is 19.4. The minimum absolute atomic E-state index is 0.0300. The summed E-state index contributed by atoms with van der Waals surface area (Å²) in [6, 6.07) is 7.74. The van der Waals surface area contributed by atoms with Crippen molar-refractivity contribution < 1.29 is 4.39 Å². The van der Waals surface area contributed by atoms with Crippen LogP contribution in [0.5, 0.6) is 0 Å². The molecule has 0 saturated heterocycles. The van der Waals surface area contributed by atoms with Crippen molar-refractivity contribution in [3.05, 3.63) is 51.5 Å². The Hall–Kier alpha value is -1.39. The zero-order chi connectivity index (χ0) is 15.0. The van der Waals surface area contributed by atoms with Crippen LogP contribution in [0.3, 0.4) is 0 Å². The largest absolute Gasteiger partial charge is 0.362 e. The summed E-state index contributed by atoms with van der Waals surface area (Å²) in [5.74, 6) is -0.140. The van der Waals surface area contributed by atoms with Crippen molar-refractivity contribution in [2.75, 3.05) is 11.4 Å². The molecule has 3 rings (SSSR count). The maximum absolute atomic E-state index is 14.5. The second-order valence-electron chi connectivity index (χ2n) is 5.85. The molecule has 2 atom stereocenters. The van der Waals surface area contributed by atoms with Crippen LogP contribution >= 0.6 is 11.3 Å². The standard InChI is InChI=1S/C17H21FN2S/c1-11(19)10-13-4-3-5-15(18)17(13)20-8-6-16-14(12(20)2)7-9-21-16/h3-5,7,9,11-12H,6,8,10,19H2,1-2H3. The molecule has 2 nitrogen and oxygen atoms in total. The highest BCUT2D eigenvalue weighted by molar-refractivity contribution is 7.10. The molecule has 21 heavy (non-hydrogen) atoms. The Labute approximate surface area is 129 Å². The second-order valence-corrected chi connectivity index (χ2v) is 6.85. The number of fused-ring (bicyclic) bond motifs is 1. The quantitative estimate of drug-likeness (QED) is 0.932. The van der Waals surface area contributed by atoms with Crippen molar-refractivity contribution in [3.63, 3.8) is 0 Å². The van der Waals surface area contributed by atoms with Gasteiger partial charge in [0.2, 0.25) is 0 Å². The molecule has 0 saturated carbocycles. The Morgan fingerprint density at radius 2 is 2.24 bits per heavy atom. The number of nitrogens with two attached hydrogens (primary N) is 1. The first-order chi connectivity index (χ1) is 10.1. The van der Waals surface area contributed by atoms with Crippen molar-refractivity contribution in [1.82, 2.24) is 0 Å². The highest BCUT2D eigenvalue weighted by atomic mass is 32.1. The smallest absolute Gasteiger partial charge is 0.146 e. The molecule has 0 bridgehead atoms. The number of hydrogen-bond acceptors (Lipinski definition) is 3. The Kier molecular flexibility index (Phi) is 4.00. The zero-order valence-corrected chi connectivity index (χ0v) is 13.3. The van der Waals surface area contributed by atoms with Crippen molar-refractivity contribution >= 4 is 17.0 Å². The first kappa shape index (κ1) is 14.5. The van der Waals surface area contributed by atoms with E-state index in [0.717, 1.165) is 24.2 Å². The van der Waals surface area contributed by atoms with Gasteiger partial charge in [-0.2, -0.15) is 0 Å². The highest BCUT2D eigenvalue weighted by Gasteiger charge is 2.28. The molecule has 1 aliphatic heterocycles. The molecule has 1 aromatic heterocycles. The Bertz CT molecular complexity index is 635. The maximum Gasteiger partial charge on any atom is 0.146 e. The van der Waals surface area contributed by atoms with Gasteiger partial charge in [-0.3, -0.25) is 0 Å². The summed E-state index contributed by atoms with van der Waals surface area (Å²) in [6.07, 6.45) is 1.69. The molecule has 1 aromatic carbocycles. The number of para-hydroxylation sites is 1. The van der Waals surface area contributed by atoms with E-state index in [-0.39, 0.29) is 17.9 Å². The number of halogens is 1. The van der Waals surface area contributed by atoms with E-state index in [4.69, 9.17) is 5.73 Å². The van der Waals surface area contributed by atoms with Gasteiger partial charge in [0, 0.05) is 17.5 Å². The molecular weight excluding hydrogens is 283 g/mol. The lowest BCUT2D eigenvalue weighted by Crippen LogP contribution is -2.35. The molecule has 0 amide bonds. The molecular formula is C17H21FN2S. The topological polar surface area (TPSA) is 29.3 Å². The Morgan fingerprint density at radius 1 is 1.43 bits per heavy atom. The van der Waals surface area contributed by atoms with Crippen molar-refractivity contribution in [3.8, 4) is 0 Å². The van der Waals surface area contributed by atoms with Crippen LogP contribution in [-0.4, -0.2) is 12.6 Å². The van der Waals surface area contributed by atoms with Crippen molar-refractivity contribution in [1.29, 1.82) is 0 Å². The van der Waals surface area contributed by atoms with Gasteiger partial charge in [0.1, 0.15) is 5.82 Å². The van der Waals surface area contributed by atoms with Gasteiger partial charge in [0.15, 0.2) is 0 Å².